The molecule has 0 fully saturated rings. The molecule has 0 aromatic carbocycles. The monoisotopic (exact) mass is 200 g/mol. The molecule has 0 heterocycles. The largest absolute Gasteiger partial charge is 0.301 e. The summed E-state index contributed by atoms with van der Waals surface area (Å²) >= 11 is 3.96. The fourth-order valence-electron chi connectivity index (χ4n) is 1.24. The van der Waals surface area contributed by atoms with E-state index >= 15 is 0 Å². The second-order valence-corrected chi connectivity index (χ2v) is 3.87. The first kappa shape index (κ1) is 12.8. The zero-order valence-electron chi connectivity index (χ0n) is 8.58. The van der Waals surface area contributed by atoms with Gasteiger partial charge in [0.05, 0.1) is 0 Å². The number of hydrogen-bond donors (Lipinski definition) is 2. The van der Waals surface area contributed by atoms with Crippen molar-refractivity contribution >= 4 is 12.8 Å². The predicted molar refractivity (Wildman–Crippen MR) is 61.7 cm³/mol. The van der Waals surface area contributed by atoms with Crippen LogP contribution in [0, 0.1) is 18.3 Å². The highest BCUT2D eigenvalue weighted by atomic mass is 32.1. The van der Waals surface area contributed by atoms with Gasteiger partial charge in [-0.25, -0.2) is 0 Å². The van der Waals surface area contributed by atoms with E-state index in [2.05, 4.69) is 42.2 Å². The van der Waals surface area contributed by atoms with Gasteiger partial charge < -0.3 is 4.90 Å². The molecule has 0 aliphatic carbocycles. The molecule has 3 heteroatoms. The number of nitrogens with zero attached hydrogens (tertiary/aromatic N) is 1. The molecular weight excluding hydrogens is 180 g/mol. The summed E-state index contributed by atoms with van der Waals surface area (Å²) in [6, 6.07) is 0. The normalized spacial score (nSPS) is 10.8. The van der Waals surface area contributed by atoms with Crippen LogP contribution in [0.4, 0.5) is 0 Å². The number of nitrogens with one attached hydrogen (secondary N) is 1. The smallest absolute Gasteiger partial charge is 0.0214 e. The molecule has 0 bridgehead atoms. The van der Waals surface area contributed by atoms with Crippen LogP contribution in [0.2, 0.25) is 0 Å². The summed E-state index contributed by atoms with van der Waals surface area (Å²) in [6.45, 7) is 8.46. The van der Waals surface area contributed by atoms with Gasteiger partial charge in [-0.2, -0.15) is 0 Å². The number of thiol groups is 1. The zero-order valence-corrected chi connectivity index (χ0v) is 9.48. The molecule has 0 rings (SSSR count). The Morgan fingerprint density at radius 3 is 2.62 bits per heavy atom. The highest BCUT2D eigenvalue weighted by molar-refractivity contribution is 7.78. The van der Waals surface area contributed by atoms with E-state index in [0.717, 1.165) is 32.6 Å². The molecule has 0 saturated carbocycles. The SMILES string of the molecule is C#CCCN(CCNS)CC(C)C. The highest BCUT2D eigenvalue weighted by Crippen LogP contribution is 1.98. The van der Waals surface area contributed by atoms with E-state index in [0.29, 0.717) is 5.92 Å². The molecule has 0 saturated heterocycles. The summed E-state index contributed by atoms with van der Waals surface area (Å²) < 4.78 is 2.85. The minimum Gasteiger partial charge on any atom is -0.301 e. The molecule has 0 atom stereocenters. The van der Waals surface area contributed by atoms with Crippen LogP contribution in [0.1, 0.15) is 20.3 Å². The van der Waals surface area contributed by atoms with Gasteiger partial charge >= 0.3 is 0 Å². The van der Waals surface area contributed by atoms with Crippen molar-refractivity contribution in [3.8, 4) is 12.3 Å². The van der Waals surface area contributed by atoms with Crippen molar-refractivity contribution in [2.75, 3.05) is 26.2 Å². The molecule has 0 radical (unpaired) electrons. The van der Waals surface area contributed by atoms with E-state index in [1.54, 1.807) is 0 Å². The molecule has 0 aliphatic heterocycles. The van der Waals surface area contributed by atoms with Crippen LogP contribution in [0.3, 0.4) is 0 Å². The first-order valence-corrected chi connectivity index (χ1v) is 5.18. The summed E-state index contributed by atoms with van der Waals surface area (Å²) in [5.74, 6) is 3.36. The van der Waals surface area contributed by atoms with Gasteiger partial charge in [-0.05, 0) is 5.92 Å². The highest BCUT2D eigenvalue weighted by Gasteiger charge is 2.05. The lowest BCUT2D eigenvalue weighted by atomic mass is 10.2. The van der Waals surface area contributed by atoms with E-state index in [9.17, 15) is 0 Å². The summed E-state index contributed by atoms with van der Waals surface area (Å²) in [5.41, 5.74) is 0. The minimum atomic E-state index is 0.692. The summed E-state index contributed by atoms with van der Waals surface area (Å²) in [7, 11) is 0. The van der Waals surface area contributed by atoms with E-state index < -0.39 is 0 Å². The summed E-state index contributed by atoms with van der Waals surface area (Å²) in [6.07, 6.45) is 6.06. The molecule has 76 valence electrons. The second kappa shape index (κ2) is 8.43. The van der Waals surface area contributed by atoms with Gasteiger partial charge in [0.15, 0.2) is 0 Å². The van der Waals surface area contributed by atoms with Gasteiger partial charge in [-0.15, -0.1) is 12.3 Å². The third-order valence-corrected chi connectivity index (χ3v) is 1.96. The quantitative estimate of drug-likeness (QED) is 0.477. The van der Waals surface area contributed by atoms with Crippen LogP contribution in [-0.4, -0.2) is 31.1 Å². The van der Waals surface area contributed by atoms with Crippen molar-refractivity contribution in [2.45, 2.75) is 20.3 Å². The van der Waals surface area contributed by atoms with Gasteiger partial charge in [0.2, 0.25) is 0 Å². The van der Waals surface area contributed by atoms with Crippen LogP contribution >= 0.6 is 12.8 Å². The zero-order chi connectivity index (χ0) is 10.1. The Labute approximate surface area is 87.6 Å². The van der Waals surface area contributed by atoms with Crippen molar-refractivity contribution in [3.05, 3.63) is 0 Å². The second-order valence-electron chi connectivity index (χ2n) is 3.56. The first-order valence-electron chi connectivity index (χ1n) is 4.73. The lowest BCUT2D eigenvalue weighted by Crippen LogP contribution is -2.33. The Morgan fingerprint density at radius 1 is 1.46 bits per heavy atom. The Bertz CT molecular complexity index is 151. The van der Waals surface area contributed by atoms with Gasteiger partial charge in [-0.1, -0.05) is 26.7 Å². The molecule has 0 aromatic heterocycles. The average molecular weight is 200 g/mol. The van der Waals surface area contributed by atoms with Crippen LogP contribution < -0.4 is 4.72 Å². The van der Waals surface area contributed by atoms with Crippen molar-refractivity contribution in [3.63, 3.8) is 0 Å². The molecule has 0 unspecified atom stereocenters. The number of hydrogen-bond acceptors (Lipinski definition) is 3. The number of rotatable bonds is 7. The van der Waals surface area contributed by atoms with Crippen molar-refractivity contribution in [1.29, 1.82) is 0 Å². The Morgan fingerprint density at radius 2 is 2.15 bits per heavy atom. The van der Waals surface area contributed by atoms with E-state index in [1.807, 2.05) is 0 Å². The lowest BCUT2D eigenvalue weighted by molar-refractivity contribution is 0.254. The maximum Gasteiger partial charge on any atom is 0.0214 e. The molecule has 0 spiro atoms. The number of terminal acetylenes is 1. The molecule has 0 amide bonds. The Kier molecular flexibility index (Phi) is 8.32. The van der Waals surface area contributed by atoms with Crippen molar-refractivity contribution in [1.82, 2.24) is 9.62 Å². The maximum atomic E-state index is 5.23. The Hall–Kier alpha value is -0.170. The fourth-order valence-corrected chi connectivity index (χ4v) is 1.34. The van der Waals surface area contributed by atoms with Gasteiger partial charge in [0.25, 0.3) is 0 Å². The summed E-state index contributed by atoms with van der Waals surface area (Å²) in [4.78, 5) is 2.37. The standard InChI is InChI=1S/C10H20N2S/c1-4-5-7-12(8-6-11-13)9-10(2)3/h1,10-11,13H,5-9H2,2-3H3. The van der Waals surface area contributed by atoms with Gasteiger partial charge in [0, 0.05) is 32.6 Å². The van der Waals surface area contributed by atoms with Crippen LogP contribution in [0.25, 0.3) is 0 Å². The van der Waals surface area contributed by atoms with Gasteiger partial charge in [-0.3, -0.25) is 4.72 Å². The molecule has 0 aromatic rings. The molecule has 0 aliphatic rings. The van der Waals surface area contributed by atoms with E-state index in [4.69, 9.17) is 6.42 Å². The van der Waals surface area contributed by atoms with Gasteiger partial charge in [0.1, 0.15) is 0 Å². The van der Waals surface area contributed by atoms with Crippen molar-refractivity contribution < 1.29 is 0 Å². The molecule has 13 heavy (non-hydrogen) atoms. The van der Waals surface area contributed by atoms with Crippen molar-refractivity contribution in [2.24, 2.45) is 5.92 Å². The third kappa shape index (κ3) is 8.17. The van der Waals surface area contributed by atoms with Crippen LogP contribution in [0.15, 0.2) is 0 Å². The predicted octanol–water partition coefficient (Wildman–Crippen LogP) is 1.40. The van der Waals surface area contributed by atoms with Crippen LogP contribution in [0.5, 0.6) is 0 Å². The lowest BCUT2D eigenvalue weighted by Gasteiger charge is -2.22. The minimum absolute atomic E-state index is 0.692. The average Bonchev–Trinajstić information content (AvgIpc) is 2.09. The van der Waals surface area contributed by atoms with Crippen LogP contribution in [-0.2, 0) is 0 Å². The molecule has 2 nitrogen and oxygen atoms in total. The van der Waals surface area contributed by atoms with E-state index in [1.165, 1.54) is 0 Å². The Balaban J connectivity index is 3.67. The topological polar surface area (TPSA) is 15.3 Å². The molecular formula is C10H20N2S. The first-order chi connectivity index (χ1) is 6.20. The third-order valence-electron chi connectivity index (χ3n) is 1.74. The summed E-state index contributed by atoms with van der Waals surface area (Å²) in [5, 5.41) is 0. The molecule has 1 N–H and O–H groups in total. The fraction of sp³-hybridized carbons (Fsp3) is 0.800. The maximum absolute atomic E-state index is 5.23. The van der Waals surface area contributed by atoms with E-state index in [-0.39, 0.29) is 0 Å².